The molecule has 0 atom stereocenters. The third-order valence-electron chi connectivity index (χ3n) is 2.18. The van der Waals surface area contributed by atoms with E-state index in [0.29, 0.717) is 0 Å². The zero-order valence-electron chi connectivity index (χ0n) is 8.77. The number of carbonyl (C=O) groups is 1. The molecule has 16 heavy (non-hydrogen) atoms. The molecule has 1 aromatic heterocycles. The second kappa shape index (κ2) is 4.84. The largest absolute Gasteiger partial charge is 0.481 e. The van der Waals surface area contributed by atoms with Crippen LogP contribution < -0.4 is 0 Å². The lowest BCUT2D eigenvalue weighted by Gasteiger charge is -1.95. The molecule has 2 aromatic rings. The van der Waals surface area contributed by atoms with Gasteiger partial charge in [-0.15, -0.1) is 11.3 Å². The Labute approximate surface area is 102 Å². The summed E-state index contributed by atoms with van der Waals surface area (Å²) in [5, 5.41) is 8.61. The van der Waals surface area contributed by atoms with Gasteiger partial charge in [-0.25, -0.2) is 4.98 Å². The van der Waals surface area contributed by atoms with Gasteiger partial charge < -0.3 is 5.11 Å². The van der Waals surface area contributed by atoms with Crippen LogP contribution in [0.2, 0.25) is 0 Å². The molecule has 0 amide bonds. The van der Waals surface area contributed by atoms with Crippen LogP contribution in [0.5, 0.6) is 0 Å². The Morgan fingerprint density at radius 1 is 1.56 bits per heavy atom. The Morgan fingerprint density at radius 3 is 3.06 bits per heavy atom. The minimum Gasteiger partial charge on any atom is -0.481 e. The third kappa shape index (κ3) is 2.36. The summed E-state index contributed by atoms with van der Waals surface area (Å²) < 4.78 is 2.01. The Morgan fingerprint density at radius 2 is 2.38 bits per heavy atom. The Hall–Kier alpha value is -1.07. The zero-order valence-corrected chi connectivity index (χ0v) is 10.4. The van der Waals surface area contributed by atoms with Crippen molar-refractivity contribution in [2.24, 2.45) is 0 Å². The van der Waals surface area contributed by atoms with E-state index in [1.165, 1.54) is 22.0 Å². The van der Waals surface area contributed by atoms with E-state index < -0.39 is 5.97 Å². The summed E-state index contributed by atoms with van der Waals surface area (Å²) in [7, 11) is 0. The number of hydrogen-bond donors (Lipinski definition) is 1. The molecule has 1 heterocycles. The maximum Gasteiger partial charge on any atom is 0.313 e. The summed E-state index contributed by atoms with van der Waals surface area (Å²) in [5.41, 5.74) is 2.24. The van der Waals surface area contributed by atoms with Crippen molar-refractivity contribution in [1.82, 2.24) is 4.98 Å². The number of hydrogen-bond acceptors (Lipinski definition) is 4. The number of thioether (sulfide) groups is 1. The Balaban J connectivity index is 2.32. The number of nitrogens with zero attached hydrogens (tertiary/aromatic N) is 1. The fourth-order valence-corrected chi connectivity index (χ4v) is 3.40. The maximum atomic E-state index is 10.5. The van der Waals surface area contributed by atoms with Gasteiger partial charge in [0.1, 0.15) is 0 Å². The van der Waals surface area contributed by atoms with Gasteiger partial charge in [-0.3, -0.25) is 4.79 Å². The fourth-order valence-electron chi connectivity index (χ4n) is 1.45. The first-order valence-corrected chi connectivity index (χ1v) is 6.74. The number of rotatable bonds is 4. The van der Waals surface area contributed by atoms with Crippen LogP contribution in [0.25, 0.3) is 10.2 Å². The number of aromatic nitrogens is 1. The second-order valence-electron chi connectivity index (χ2n) is 3.28. The van der Waals surface area contributed by atoms with Crippen LogP contribution in [0.3, 0.4) is 0 Å². The summed E-state index contributed by atoms with van der Waals surface area (Å²) in [4.78, 5) is 14.9. The molecule has 0 saturated heterocycles. The molecular weight excluding hydrogens is 242 g/mol. The van der Waals surface area contributed by atoms with E-state index in [1.807, 2.05) is 12.1 Å². The van der Waals surface area contributed by atoms with Gasteiger partial charge in [0.15, 0.2) is 4.34 Å². The molecule has 1 aromatic carbocycles. The first-order valence-electron chi connectivity index (χ1n) is 4.93. The van der Waals surface area contributed by atoms with Crippen LogP contribution in [-0.2, 0) is 11.2 Å². The lowest BCUT2D eigenvalue weighted by molar-refractivity contribution is -0.133. The van der Waals surface area contributed by atoms with Crippen molar-refractivity contribution in [2.75, 3.05) is 5.75 Å². The molecule has 5 heteroatoms. The molecule has 84 valence electrons. The van der Waals surface area contributed by atoms with Crippen molar-refractivity contribution in [3.05, 3.63) is 23.8 Å². The van der Waals surface area contributed by atoms with Gasteiger partial charge in [-0.2, -0.15) is 0 Å². The molecule has 0 aliphatic heterocycles. The monoisotopic (exact) mass is 253 g/mol. The highest BCUT2D eigenvalue weighted by molar-refractivity contribution is 8.01. The number of fused-ring (bicyclic) bond motifs is 1. The zero-order chi connectivity index (χ0) is 11.5. The van der Waals surface area contributed by atoms with Crippen molar-refractivity contribution in [2.45, 2.75) is 17.7 Å². The van der Waals surface area contributed by atoms with Gasteiger partial charge in [0.05, 0.1) is 16.0 Å². The molecular formula is C11H11NO2S2. The smallest absolute Gasteiger partial charge is 0.313 e. The average molecular weight is 253 g/mol. The molecule has 0 spiro atoms. The molecule has 2 rings (SSSR count). The van der Waals surface area contributed by atoms with Gasteiger partial charge in [0.25, 0.3) is 0 Å². The highest BCUT2D eigenvalue weighted by atomic mass is 32.2. The van der Waals surface area contributed by atoms with E-state index in [4.69, 9.17) is 5.11 Å². The predicted molar refractivity (Wildman–Crippen MR) is 67.4 cm³/mol. The molecule has 0 radical (unpaired) electrons. The van der Waals surface area contributed by atoms with Crippen LogP contribution >= 0.6 is 23.1 Å². The topological polar surface area (TPSA) is 50.2 Å². The minimum absolute atomic E-state index is 0.0707. The molecule has 1 N–H and O–H groups in total. The maximum absolute atomic E-state index is 10.5. The fraction of sp³-hybridized carbons (Fsp3) is 0.273. The molecule has 0 bridgehead atoms. The summed E-state index contributed by atoms with van der Waals surface area (Å²) in [5.74, 6) is -0.735. The first-order chi connectivity index (χ1) is 7.70. The van der Waals surface area contributed by atoms with Crippen LogP contribution in [0.15, 0.2) is 22.5 Å². The van der Waals surface area contributed by atoms with Crippen LogP contribution in [0.4, 0.5) is 0 Å². The van der Waals surface area contributed by atoms with E-state index >= 15 is 0 Å². The number of thiazole rings is 1. The molecule has 3 nitrogen and oxygen atoms in total. The van der Waals surface area contributed by atoms with Gasteiger partial charge in [-0.05, 0) is 18.1 Å². The summed E-state index contributed by atoms with van der Waals surface area (Å²) >= 11 is 2.86. The van der Waals surface area contributed by atoms with Crippen LogP contribution in [0.1, 0.15) is 12.5 Å². The van der Waals surface area contributed by atoms with Crippen molar-refractivity contribution in [3.8, 4) is 0 Å². The van der Waals surface area contributed by atoms with E-state index in [-0.39, 0.29) is 5.75 Å². The van der Waals surface area contributed by atoms with Gasteiger partial charge in [-0.1, -0.05) is 30.8 Å². The molecule has 0 aliphatic carbocycles. The number of benzene rings is 1. The standard InChI is InChI=1S/C11H11NO2S2/c1-2-7-4-3-5-8-10(7)16-11(12-8)15-6-9(13)14/h3-5H,2,6H2,1H3,(H,13,14). The Bertz CT molecular complexity index is 522. The molecule has 0 saturated carbocycles. The highest BCUT2D eigenvalue weighted by Crippen LogP contribution is 2.31. The quantitative estimate of drug-likeness (QED) is 0.851. The number of carboxylic acids is 1. The average Bonchev–Trinajstić information content (AvgIpc) is 2.68. The van der Waals surface area contributed by atoms with Crippen molar-refractivity contribution >= 4 is 39.3 Å². The SMILES string of the molecule is CCc1cccc2nc(SCC(=O)O)sc12. The van der Waals surface area contributed by atoms with Gasteiger partial charge >= 0.3 is 5.97 Å². The number of aryl methyl sites for hydroxylation is 1. The first kappa shape index (κ1) is 11.4. The van der Waals surface area contributed by atoms with E-state index in [2.05, 4.69) is 18.0 Å². The van der Waals surface area contributed by atoms with E-state index in [9.17, 15) is 4.79 Å². The highest BCUT2D eigenvalue weighted by Gasteiger charge is 2.08. The minimum atomic E-state index is -0.806. The molecule has 0 aliphatic rings. The van der Waals surface area contributed by atoms with E-state index in [1.54, 1.807) is 11.3 Å². The summed E-state index contributed by atoms with van der Waals surface area (Å²) in [6.45, 7) is 2.11. The lowest BCUT2D eigenvalue weighted by atomic mass is 10.2. The summed E-state index contributed by atoms with van der Waals surface area (Å²) in [6.07, 6.45) is 0.975. The number of carboxylic acid groups (broad SMARTS) is 1. The van der Waals surface area contributed by atoms with E-state index in [0.717, 1.165) is 16.3 Å². The third-order valence-corrected chi connectivity index (χ3v) is 4.45. The van der Waals surface area contributed by atoms with Crippen molar-refractivity contribution in [1.29, 1.82) is 0 Å². The summed E-state index contributed by atoms with van der Waals surface area (Å²) in [6, 6.07) is 6.05. The van der Waals surface area contributed by atoms with Crippen molar-refractivity contribution < 1.29 is 9.90 Å². The Kier molecular flexibility index (Phi) is 3.46. The lowest BCUT2D eigenvalue weighted by Crippen LogP contribution is -1.96. The number of aliphatic carboxylic acids is 1. The molecule has 0 fully saturated rings. The van der Waals surface area contributed by atoms with Crippen LogP contribution in [-0.4, -0.2) is 21.8 Å². The van der Waals surface area contributed by atoms with Crippen LogP contribution in [0, 0.1) is 0 Å². The molecule has 0 unspecified atom stereocenters. The van der Waals surface area contributed by atoms with Crippen molar-refractivity contribution in [3.63, 3.8) is 0 Å². The predicted octanol–water partition coefficient (Wildman–Crippen LogP) is 3.04. The van der Waals surface area contributed by atoms with Gasteiger partial charge in [0.2, 0.25) is 0 Å². The normalized spacial score (nSPS) is 10.8. The van der Waals surface area contributed by atoms with Gasteiger partial charge in [0, 0.05) is 0 Å². The second-order valence-corrected chi connectivity index (χ2v) is 5.50.